The fourth-order valence-corrected chi connectivity index (χ4v) is 4.19. The predicted octanol–water partition coefficient (Wildman–Crippen LogP) is 4.19. The Hall–Kier alpha value is -1.91. The molecule has 1 aromatic rings. The zero-order chi connectivity index (χ0) is 20.6. The van der Waals surface area contributed by atoms with Crippen LogP contribution in [0.15, 0.2) is 24.3 Å². The summed E-state index contributed by atoms with van der Waals surface area (Å²) in [6.07, 6.45) is 0.993. The van der Waals surface area contributed by atoms with Gasteiger partial charge in [0.2, 0.25) is 11.8 Å². The average molecular weight is 368 g/mol. The van der Waals surface area contributed by atoms with Gasteiger partial charge in [0, 0.05) is 11.8 Å². The van der Waals surface area contributed by atoms with Crippen LogP contribution >= 0.6 is 0 Å². The van der Waals surface area contributed by atoms with Gasteiger partial charge >= 0.3 is 0 Å². The van der Waals surface area contributed by atoms with Crippen LogP contribution < -0.4 is 4.90 Å². The molecule has 1 unspecified atom stereocenters. The first-order valence-electron chi connectivity index (χ1n) is 9.72. The highest BCUT2D eigenvalue weighted by Gasteiger charge is 2.41. The Kier molecular flexibility index (Phi) is 6.03. The third-order valence-corrected chi connectivity index (χ3v) is 5.71. The quantitative estimate of drug-likeness (QED) is 0.536. The molecule has 1 radical (unpaired) electrons. The van der Waals surface area contributed by atoms with Gasteiger partial charge in [-0.1, -0.05) is 60.5 Å². The summed E-state index contributed by atoms with van der Waals surface area (Å²) in [7, 11) is 1.63. The molecule has 0 aromatic heterocycles. The van der Waals surface area contributed by atoms with Gasteiger partial charge in [-0.15, -0.1) is 0 Å². The number of amides is 2. The van der Waals surface area contributed by atoms with Crippen LogP contribution in [0.3, 0.4) is 0 Å². The van der Waals surface area contributed by atoms with Crippen molar-refractivity contribution in [2.75, 3.05) is 4.90 Å². The first kappa shape index (κ1) is 21.4. The summed E-state index contributed by atoms with van der Waals surface area (Å²) in [6.45, 7) is 13.9. The van der Waals surface area contributed by atoms with E-state index in [1.807, 2.05) is 52.0 Å². The number of carbonyl (C=O) groups is 3. The molecule has 145 valence electrons. The second kappa shape index (κ2) is 7.61. The Bertz CT molecular complexity index is 734. The summed E-state index contributed by atoms with van der Waals surface area (Å²) < 4.78 is 0. The minimum atomic E-state index is -0.442. The van der Waals surface area contributed by atoms with E-state index in [0.717, 1.165) is 5.56 Å². The fraction of sp³-hybridized carbons (Fsp3) is 0.591. The lowest BCUT2D eigenvalue weighted by molar-refractivity contribution is -0.123. The van der Waals surface area contributed by atoms with Crippen molar-refractivity contribution in [1.29, 1.82) is 0 Å². The SMILES string of the molecule is C[B]C(=O)C(C)(C)CC(C)(C)c1ccc(N2C(=O)CC(C(C)C)C2=O)cc1. The van der Waals surface area contributed by atoms with Crippen LogP contribution in [0.2, 0.25) is 6.82 Å². The summed E-state index contributed by atoms with van der Waals surface area (Å²) in [6, 6.07) is 7.62. The van der Waals surface area contributed by atoms with Crippen LogP contribution in [-0.2, 0) is 19.8 Å². The Morgan fingerprint density at radius 2 is 1.70 bits per heavy atom. The van der Waals surface area contributed by atoms with Gasteiger partial charge in [0.1, 0.15) is 0 Å². The maximum Gasteiger partial charge on any atom is 0.237 e. The summed E-state index contributed by atoms with van der Waals surface area (Å²) >= 11 is 0. The molecule has 1 aliphatic rings. The molecule has 0 N–H and O–H groups in total. The van der Waals surface area contributed by atoms with Crippen LogP contribution in [-0.4, -0.2) is 24.8 Å². The minimum Gasteiger partial charge on any atom is -0.311 e. The standard InChI is InChI=1S/C22H31BNO3/c1-14(2)17-12-18(25)24(19(17)26)16-10-8-15(9-11-16)21(3,4)13-22(5,6)20(27)23-7/h8-11,14,17H,12-13H2,1-7H3. The minimum absolute atomic E-state index is 0.104. The van der Waals surface area contributed by atoms with E-state index >= 15 is 0 Å². The van der Waals surface area contributed by atoms with Gasteiger partial charge in [-0.05, 0) is 35.4 Å². The molecule has 0 aliphatic carbocycles. The smallest absolute Gasteiger partial charge is 0.237 e. The molecule has 0 saturated carbocycles. The van der Waals surface area contributed by atoms with Gasteiger partial charge in [0.25, 0.3) is 0 Å². The first-order valence-corrected chi connectivity index (χ1v) is 9.72. The Morgan fingerprint density at radius 1 is 1.15 bits per heavy atom. The van der Waals surface area contributed by atoms with Crippen LogP contribution in [0.1, 0.15) is 59.9 Å². The molecular weight excluding hydrogens is 337 g/mol. The number of carbonyl (C=O) groups excluding carboxylic acids is 3. The zero-order valence-electron chi connectivity index (χ0n) is 17.6. The highest BCUT2D eigenvalue weighted by Crippen LogP contribution is 2.38. The average Bonchev–Trinajstić information content (AvgIpc) is 2.88. The molecule has 2 rings (SSSR count). The topological polar surface area (TPSA) is 54.5 Å². The first-order chi connectivity index (χ1) is 12.4. The van der Waals surface area contributed by atoms with Crippen molar-refractivity contribution in [1.82, 2.24) is 0 Å². The van der Waals surface area contributed by atoms with E-state index in [1.54, 1.807) is 14.1 Å². The zero-order valence-corrected chi connectivity index (χ0v) is 17.6. The van der Waals surface area contributed by atoms with Crippen LogP contribution in [0, 0.1) is 17.3 Å². The van der Waals surface area contributed by atoms with Gasteiger partial charge < -0.3 is 4.79 Å². The van der Waals surface area contributed by atoms with Crippen molar-refractivity contribution in [3.63, 3.8) is 0 Å². The summed E-state index contributed by atoms with van der Waals surface area (Å²) in [5.74, 6) is -0.311. The molecule has 4 nitrogen and oxygen atoms in total. The second-order valence-electron chi connectivity index (χ2n) is 9.27. The molecule has 0 bridgehead atoms. The number of anilines is 1. The highest BCUT2D eigenvalue weighted by atomic mass is 16.2. The largest absolute Gasteiger partial charge is 0.311 e. The fourth-order valence-electron chi connectivity index (χ4n) is 4.19. The van der Waals surface area contributed by atoms with Gasteiger partial charge in [0.05, 0.1) is 17.3 Å². The predicted molar refractivity (Wildman–Crippen MR) is 110 cm³/mol. The maximum atomic E-state index is 12.6. The molecule has 1 fully saturated rings. The molecule has 1 atom stereocenters. The molecule has 1 saturated heterocycles. The van der Waals surface area contributed by atoms with Gasteiger partial charge in [-0.2, -0.15) is 0 Å². The lowest BCUT2D eigenvalue weighted by atomic mass is 9.59. The van der Waals surface area contributed by atoms with E-state index in [0.29, 0.717) is 12.1 Å². The van der Waals surface area contributed by atoms with Crippen LogP contribution in [0.25, 0.3) is 0 Å². The Morgan fingerprint density at radius 3 is 2.15 bits per heavy atom. The van der Waals surface area contributed by atoms with Crippen LogP contribution in [0.5, 0.6) is 0 Å². The normalized spacial score (nSPS) is 18.4. The van der Waals surface area contributed by atoms with Gasteiger partial charge in [0.15, 0.2) is 7.28 Å². The number of benzene rings is 1. The highest BCUT2D eigenvalue weighted by molar-refractivity contribution is 6.73. The van der Waals surface area contributed by atoms with Crippen molar-refractivity contribution in [3.05, 3.63) is 29.8 Å². The van der Waals surface area contributed by atoms with Crippen LogP contribution in [0.4, 0.5) is 5.69 Å². The Labute approximate surface area is 163 Å². The van der Waals surface area contributed by atoms with Crippen molar-refractivity contribution in [2.45, 2.75) is 66.6 Å². The number of nitrogens with zero attached hydrogens (tertiary/aromatic N) is 1. The third-order valence-electron chi connectivity index (χ3n) is 5.71. The number of hydrogen-bond donors (Lipinski definition) is 0. The number of hydrogen-bond acceptors (Lipinski definition) is 3. The van der Waals surface area contributed by atoms with Gasteiger partial charge in [-0.3, -0.25) is 14.5 Å². The van der Waals surface area contributed by atoms with E-state index in [9.17, 15) is 14.4 Å². The molecule has 2 amide bonds. The lowest BCUT2D eigenvalue weighted by Gasteiger charge is -2.34. The van der Waals surface area contributed by atoms with E-state index in [-0.39, 0.29) is 41.2 Å². The van der Waals surface area contributed by atoms with Gasteiger partial charge in [-0.25, -0.2) is 0 Å². The number of imide groups is 1. The summed E-state index contributed by atoms with van der Waals surface area (Å²) in [5.41, 5.74) is 1.20. The molecule has 0 spiro atoms. The van der Waals surface area contributed by atoms with E-state index in [4.69, 9.17) is 0 Å². The summed E-state index contributed by atoms with van der Waals surface area (Å²) in [5, 5.41) is 0. The van der Waals surface area contributed by atoms with Crippen molar-refractivity contribution in [3.8, 4) is 0 Å². The molecule has 1 aromatic carbocycles. The van der Waals surface area contributed by atoms with E-state index < -0.39 is 5.41 Å². The molecule has 27 heavy (non-hydrogen) atoms. The molecule has 1 aliphatic heterocycles. The van der Waals surface area contributed by atoms with E-state index in [2.05, 4.69) is 13.8 Å². The third kappa shape index (κ3) is 4.33. The molecular formula is C22H31BNO3. The monoisotopic (exact) mass is 368 g/mol. The second-order valence-corrected chi connectivity index (χ2v) is 9.27. The van der Waals surface area contributed by atoms with Crippen molar-refractivity contribution >= 4 is 30.5 Å². The maximum absolute atomic E-state index is 12.6. The molecule has 1 heterocycles. The van der Waals surface area contributed by atoms with Crippen molar-refractivity contribution in [2.24, 2.45) is 17.3 Å². The summed E-state index contributed by atoms with van der Waals surface area (Å²) in [4.78, 5) is 38.5. The Balaban J connectivity index is 2.23. The van der Waals surface area contributed by atoms with E-state index in [1.165, 1.54) is 4.90 Å². The van der Waals surface area contributed by atoms with Crippen molar-refractivity contribution < 1.29 is 14.4 Å². The lowest BCUT2D eigenvalue weighted by Crippen LogP contribution is -2.35. The number of rotatable bonds is 7. The molecule has 5 heteroatoms.